The Bertz CT molecular complexity index is 870. The van der Waals surface area contributed by atoms with Gasteiger partial charge in [-0.1, -0.05) is 18.2 Å². The largest absolute Gasteiger partial charge is 0.381 e. The first-order valence-corrected chi connectivity index (χ1v) is 8.42. The molecule has 0 N–H and O–H groups in total. The average molecular weight is 321 g/mol. The second-order valence-corrected chi connectivity index (χ2v) is 6.80. The van der Waals surface area contributed by atoms with Crippen LogP contribution in [0.1, 0.15) is 12.8 Å². The van der Waals surface area contributed by atoms with E-state index in [9.17, 15) is 0 Å². The lowest BCUT2D eigenvalue weighted by Gasteiger charge is -2.22. The normalized spacial score (nSPS) is 23.6. The first kappa shape index (κ1) is 13.9. The van der Waals surface area contributed by atoms with Gasteiger partial charge in [0.05, 0.1) is 23.9 Å². The highest BCUT2D eigenvalue weighted by atomic mass is 16.5. The monoisotopic (exact) mass is 321 g/mol. The number of hydrogen-bond donors (Lipinski definition) is 0. The summed E-state index contributed by atoms with van der Waals surface area (Å²) in [7, 11) is 0. The Morgan fingerprint density at radius 2 is 2.00 bits per heavy atom. The number of benzene rings is 1. The minimum Gasteiger partial charge on any atom is -0.381 e. The van der Waals surface area contributed by atoms with Crippen molar-refractivity contribution in [2.75, 3.05) is 31.2 Å². The third-order valence-electron chi connectivity index (χ3n) is 5.27. The molecule has 0 aliphatic carbocycles. The first-order valence-electron chi connectivity index (χ1n) is 8.42. The number of fused-ring (bicyclic) bond motifs is 1. The molecule has 122 valence electrons. The molecular formula is C18H19N5O. The molecule has 4 heterocycles. The van der Waals surface area contributed by atoms with Crippen LogP contribution in [0.5, 0.6) is 0 Å². The predicted octanol–water partition coefficient (Wildman–Crippen LogP) is 2.43. The number of anilines is 1. The molecule has 1 spiro atoms. The minimum atomic E-state index is 0.312. The quantitative estimate of drug-likeness (QED) is 0.725. The number of rotatable bonds is 2. The van der Waals surface area contributed by atoms with E-state index < -0.39 is 0 Å². The van der Waals surface area contributed by atoms with Crippen LogP contribution in [-0.4, -0.2) is 46.1 Å². The van der Waals surface area contributed by atoms with Gasteiger partial charge >= 0.3 is 0 Å². The maximum Gasteiger partial charge on any atom is 0.168 e. The lowest BCUT2D eigenvalue weighted by atomic mass is 9.87. The molecule has 3 aromatic rings. The Morgan fingerprint density at radius 1 is 1.08 bits per heavy atom. The fourth-order valence-electron chi connectivity index (χ4n) is 3.93. The Kier molecular flexibility index (Phi) is 3.06. The second-order valence-electron chi connectivity index (χ2n) is 6.80. The van der Waals surface area contributed by atoms with Crippen molar-refractivity contribution in [1.29, 1.82) is 0 Å². The highest BCUT2D eigenvalue weighted by molar-refractivity contribution is 5.87. The van der Waals surface area contributed by atoms with Crippen molar-refractivity contribution in [1.82, 2.24) is 19.7 Å². The Morgan fingerprint density at radius 3 is 2.83 bits per heavy atom. The van der Waals surface area contributed by atoms with Crippen molar-refractivity contribution in [3.8, 4) is 5.69 Å². The molecule has 2 aliphatic heterocycles. The van der Waals surface area contributed by atoms with Crippen molar-refractivity contribution < 1.29 is 4.74 Å². The third kappa shape index (κ3) is 2.10. The highest BCUT2D eigenvalue weighted by Crippen LogP contribution is 2.40. The van der Waals surface area contributed by atoms with Gasteiger partial charge in [-0.2, -0.15) is 5.10 Å². The molecule has 5 rings (SSSR count). The summed E-state index contributed by atoms with van der Waals surface area (Å²) >= 11 is 0. The highest BCUT2D eigenvalue weighted by Gasteiger charge is 2.42. The van der Waals surface area contributed by atoms with Crippen molar-refractivity contribution in [2.45, 2.75) is 12.8 Å². The van der Waals surface area contributed by atoms with Gasteiger partial charge in [-0.05, 0) is 25.0 Å². The van der Waals surface area contributed by atoms with Crippen LogP contribution in [0.25, 0.3) is 16.7 Å². The van der Waals surface area contributed by atoms with Crippen LogP contribution in [0.2, 0.25) is 0 Å². The van der Waals surface area contributed by atoms with Crippen LogP contribution in [0, 0.1) is 5.41 Å². The molecule has 0 unspecified atom stereocenters. The summed E-state index contributed by atoms with van der Waals surface area (Å²) in [5.41, 5.74) is 2.18. The predicted molar refractivity (Wildman–Crippen MR) is 91.4 cm³/mol. The number of hydrogen-bond acceptors (Lipinski definition) is 5. The number of nitrogens with zero attached hydrogens (tertiary/aromatic N) is 5. The molecule has 0 radical (unpaired) electrons. The van der Waals surface area contributed by atoms with Crippen molar-refractivity contribution in [3.05, 3.63) is 42.9 Å². The van der Waals surface area contributed by atoms with Gasteiger partial charge in [0.2, 0.25) is 0 Å². The molecule has 0 bridgehead atoms. The van der Waals surface area contributed by atoms with Crippen LogP contribution < -0.4 is 4.90 Å². The Hall–Kier alpha value is -2.47. The van der Waals surface area contributed by atoms with Crippen molar-refractivity contribution in [2.24, 2.45) is 5.41 Å². The molecule has 0 amide bonds. The van der Waals surface area contributed by atoms with E-state index >= 15 is 0 Å². The van der Waals surface area contributed by atoms with E-state index in [-0.39, 0.29) is 0 Å². The molecule has 24 heavy (non-hydrogen) atoms. The molecule has 6 nitrogen and oxygen atoms in total. The lowest BCUT2D eigenvalue weighted by molar-refractivity contribution is 0.160. The lowest BCUT2D eigenvalue weighted by Crippen LogP contribution is -2.28. The second kappa shape index (κ2) is 5.27. The van der Waals surface area contributed by atoms with Crippen LogP contribution in [0.15, 0.2) is 42.9 Å². The van der Waals surface area contributed by atoms with Gasteiger partial charge in [-0.25, -0.2) is 14.6 Å². The summed E-state index contributed by atoms with van der Waals surface area (Å²) in [6, 6.07) is 10.1. The van der Waals surface area contributed by atoms with Crippen LogP contribution in [0.3, 0.4) is 0 Å². The Balaban J connectivity index is 1.55. The van der Waals surface area contributed by atoms with Crippen LogP contribution in [0.4, 0.5) is 5.82 Å². The summed E-state index contributed by atoms with van der Waals surface area (Å²) in [6.45, 7) is 3.79. The summed E-state index contributed by atoms with van der Waals surface area (Å²) < 4.78 is 7.52. The van der Waals surface area contributed by atoms with E-state index in [1.807, 2.05) is 41.2 Å². The minimum absolute atomic E-state index is 0.312. The molecule has 0 saturated carbocycles. The maximum absolute atomic E-state index is 5.64. The van der Waals surface area contributed by atoms with Crippen molar-refractivity contribution in [3.63, 3.8) is 0 Å². The number of aromatic nitrogens is 4. The summed E-state index contributed by atoms with van der Waals surface area (Å²) in [4.78, 5) is 11.4. The zero-order chi connectivity index (χ0) is 16.0. The molecule has 2 aromatic heterocycles. The smallest absolute Gasteiger partial charge is 0.168 e. The van der Waals surface area contributed by atoms with Gasteiger partial charge < -0.3 is 9.64 Å². The topological polar surface area (TPSA) is 56.1 Å². The van der Waals surface area contributed by atoms with Crippen LogP contribution >= 0.6 is 0 Å². The number of ether oxygens (including phenoxy) is 1. The summed E-state index contributed by atoms with van der Waals surface area (Å²) in [6.07, 6.45) is 5.86. The standard InChI is InChI=1S/C18H19N5O/c1-2-4-14(5-3-1)23-17-15(10-21-23)16(19-13-20-17)22-8-6-18(11-22)7-9-24-12-18/h1-5,10,13H,6-9,11-12H2/t18-/m0/s1. The van der Waals surface area contributed by atoms with Gasteiger partial charge in [0.25, 0.3) is 0 Å². The molecule has 1 aromatic carbocycles. The summed E-state index contributed by atoms with van der Waals surface area (Å²) in [5, 5.41) is 5.56. The Labute approximate surface area is 140 Å². The van der Waals surface area contributed by atoms with Gasteiger partial charge in [-0.3, -0.25) is 0 Å². The summed E-state index contributed by atoms with van der Waals surface area (Å²) in [5.74, 6) is 0.992. The molecule has 2 fully saturated rings. The van der Waals surface area contributed by atoms with E-state index in [0.717, 1.165) is 55.3 Å². The molecule has 6 heteroatoms. The molecule has 1 atom stereocenters. The fraction of sp³-hybridized carbons (Fsp3) is 0.389. The van der Waals surface area contributed by atoms with E-state index in [1.54, 1.807) is 6.33 Å². The molecule has 2 aliphatic rings. The van der Waals surface area contributed by atoms with E-state index in [0.29, 0.717) is 5.41 Å². The molecular weight excluding hydrogens is 302 g/mol. The maximum atomic E-state index is 5.64. The van der Waals surface area contributed by atoms with Gasteiger partial charge in [0.15, 0.2) is 5.65 Å². The van der Waals surface area contributed by atoms with E-state index in [4.69, 9.17) is 4.74 Å². The average Bonchev–Trinajstić information content (AvgIpc) is 3.36. The van der Waals surface area contributed by atoms with Crippen LogP contribution in [-0.2, 0) is 4.74 Å². The first-order chi connectivity index (χ1) is 11.8. The SMILES string of the molecule is c1ccc(-n2ncc3c(N4CC[C@]5(CCOC5)C4)ncnc32)cc1. The zero-order valence-electron chi connectivity index (χ0n) is 13.4. The van der Waals surface area contributed by atoms with Crippen molar-refractivity contribution >= 4 is 16.9 Å². The van der Waals surface area contributed by atoms with E-state index in [2.05, 4.69) is 20.0 Å². The third-order valence-corrected chi connectivity index (χ3v) is 5.27. The fourth-order valence-corrected chi connectivity index (χ4v) is 3.93. The molecule has 2 saturated heterocycles. The van der Waals surface area contributed by atoms with Gasteiger partial charge in [-0.15, -0.1) is 0 Å². The van der Waals surface area contributed by atoms with E-state index in [1.165, 1.54) is 6.42 Å². The van der Waals surface area contributed by atoms with Gasteiger partial charge in [0.1, 0.15) is 12.1 Å². The number of para-hydroxylation sites is 1. The van der Waals surface area contributed by atoms with Gasteiger partial charge in [0, 0.05) is 25.1 Å². The zero-order valence-corrected chi connectivity index (χ0v) is 13.4.